The molecule has 1 heterocycles. The van der Waals surface area contributed by atoms with Crippen LogP contribution in [0.2, 0.25) is 0 Å². The van der Waals surface area contributed by atoms with Crippen molar-refractivity contribution in [3.05, 3.63) is 0 Å². The Labute approximate surface area is 81.9 Å². The monoisotopic (exact) mass is 185 g/mol. The molecule has 78 valence electrons. The molecule has 0 amide bonds. The van der Waals surface area contributed by atoms with E-state index in [1.165, 1.54) is 45.3 Å². The number of hydrogen-bond donors (Lipinski definition) is 1. The Balaban J connectivity index is 2.05. The lowest BCUT2D eigenvalue weighted by Gasteiger charge is -2.19. The summed E-state index contributed by atoms with van der Waals surface area (Å²) < 4.78 is 0. The summed E-state index contributed by atoms with van der Waals surface area (Å²) in [6, 6.07) is 0. The normalized spacial score (nSPS) is 22.6. The van der Waals surface area contributed by atoms with Crippen molar-refractivity contribution >= 4 is 0 Å². The highest BCUT2D eigenvalue weighted by molar-refractivity contribution is 4.63. The van der Waals surface area contributed by atoms with Gasteiger partial charge in [-0.15, -0.1) is 0 Å². The molecule has 0 aromatic heterocycles. The molecule has 0 aromatic carbocycles. The smallest absolute Gasteiger partial charge is 0.0512 e. The van der Waals surface area contributed by atoms with Gasteiger partial charge in [0.2, 0.25) is 0 Å². The van der Waals surface area contributed by atoms with E-state index in [-0.39, 0.29) is 6.10 Å². The number of aliphatic hydroxyl groups is 1. The predicted molar refractivity (Wildman–Crippen MR) is 55.8 cm³/mol. The van der Waals surface area contributed by atoms with E-state index in [2.05, 4.69) is 4.90 Å². The molecule has 0 aliphatic carbocycles. The zero-order valence-corrected chi connectivity index (χ0v) is 8.84. The predicted octanol–water partition coefficient (Wildman–Crippen LogP) is 2.02. The van der Waals surface area contributed by atoms with Crippen LogP contribution in [0.5, 0.6) is 0 Å². The van der Waals surface area contributed by atoms with Crippen LogP contribution in [-0.2, 0) is 0 Å². The molecule has 1 N–H and O–H groups in total. The Morgan fingerprint density at radius 2 is 1.77 bits per heavy atom. The third-order valence-electron chi connectivity index (χ3n) is 2.79. The second-order valence-corrected chi connectivity index (χ2v) is 4.25. The Morgan fingerprint density at radius 1 is 1.15 bits per heavy atom. The van der Waals surface area contributed by atoms with Crippen LogP contribution in [0.25, 0.3) is 0 Å². The zero-order chi connectivity index (χ0) is 9.52. The highest BCUT2D eigenvalue weighted by Gasteiger charge is 2.08. The van der Waals surface area contributed by atoms with E-state index in [1.807, 2.05) is 6.92 Å². The molecule has 1 unspecified atom stereocenters. The van der Waals surface area contributed by atoms with E-state index in [0.717, 1.165) is 12.8 Å². The lowest BCUT2D eigenvalue weighted by atomic mass is 10.2. The summed E-state index contributed by atoms with van der Waals surface area (Å²) in [4.78, 5) is 2.55. The molecule has 0 aromatic rings. The van der Waals surface area contributed by atoms with Crippen LogP contribution >= 0.6 is 0 Å². The number of rotatable bonds is 4. The second kappa shape index (κ2) is 6.39. The topological polar surface area (TPSA) is 23.5 Å². The van der Waals surface area contributed by atoms with Crippen LogP contribution in [0.3, 0.4) is 0 Å². The molecule has 0 spiro atoms. The number of likely N-dealkylation sites (tertiary alicyclic amines) is 1. The molecule has 0 bridgehead atoms. The van der Waals surface area contributed by atoms with E-state index >= 15 is 0 Å². The van der Waals surface area contributed by atoms with Gasteiger partial charge in [0.15, 0.2) is 0 Å². The molecule has 1 saturated heterocycles. The number of hydrogen-bond acceptors (Lipinski definition) is 2. The zero-order valence-electron chi connectivity index (χ0n) is 8.84. The maximum Gasteiger partial charge on any atom is 0.0512 e. The molecule has 2 nitrogen and oxygen atoms in total. The van der Waals surface area contributed by atoms with Crippen molar-refractivity contribution in [2.75, 3.05) is 19.6 Å². The van der Waals surface area contributed by atoms with Crippen molar-refractivity contribution in [1.82, 2.24) is 4.90 Å². The fourth-order valence-corrected chi connectivity index (χ4v) is 1.97. The third-order valence-corrected chi connectivity index (χ3v) is 2.79. The van der Waals surface area contributed by atoms with E-state index in [4.69, 9.17) is 5.11 Å². The van der Waals surface area contributed by atoms with Crippen LogP contribution in [0.15, 0.2) is 0 Å². The van der Waals surface area contributed by atoms with Gasteiger partial charge in [-0.1, -0.05) is 12.8 Å². The first-order valence-electron chi connectivity index (χ1n) is 5.69. The summed E-state index contributed by atoms with van der Waals surface area (Å²) in [5.41, 5.74) is 0. The maximum atomic E-state index is 9.12. The highest BCUT2D eigenvalue weighted by atomic mass is 16.3. The van der Waals surface area contributed by atoms with Gasteiger partial charge < -0.3 is 10.0 Å². The van der Waals surface area contributed by atoms with Crippen molar-refractivity contribution in [3.63, 3.8) is 0 Å². The van der Waals surface area contributed by atoms with Gasteiger partial charge in [-0.2, -0.15) is 0 Å². The van der Waals surface area contributed by atoms with Crippen molar-refractivity contribution in [1.29, 1.82) is 0 Å². The largest absolute Gasteiger partial charge is 0.393 e. The third kappa shape index (κ3) is 5.27. The Bertz CT molecular complexity index is 117. The first-order chi connectivity index (χ1) is 6.29. The molecule has 0 radical (unpaired) electrons. The molecule has 2 heteroatoms. The minimum atomic E-state index is -0.119. The Morgan fingerprint density at radius 3 is 2.31 bits per heavy atom. The van der Waals surface area contributed by atoms with Crippen LogP contribution < -0.4 is 0 Å². The molecule has 1 atom stereocenters. The minimum Gasteiger partial charge on any atom is -0.393 e. The summed E-state index contributed by atoms with van der Waals surface area (Å²) >= 11 is 0. The quantitative estimate of drug-likeness (QED) is 0.724. The summed E-state index contributed by atoms with van der Waals surface area (Å²) in [5, 5.41) is 9.12. The molecular formula is C11H23NO. The van der Waals surface area contributed by atoms with Crippen LogP contribution in [0.4, 0.5) is 0 Å². The van der Waals surface area contributed by atoms with Gasteiger partial charge >= 0.3 is 0 Å². The lowest BCUT2D eigenvalue weighted by molar-refractivity contribution is 0.171. The molecule has 1 aliphatic heterocycles. The summed E-state index contributed by atoms with van der Waals surface area (Å²) in [6.07, 6.45) is 7.55. The van der Waals surface area contributed by atoms with Gasteiger partial charge in [0.25, 0.3) is 0 Å². The molecular weight excluding hydrogens is 162 g/mol. The van der Waals surface area contributed by atoms with E-state index in [0.29, 0.717) is 0 Å². The highest BCUT2D eigenvalue weighted by Crippen LogP contribution is 2.10. The first-order valence-corrected chi connectivity index (χ1v) is 5.69. The molecule has 1 fully saturated rings. The summed E-state index contributed by atoms with van der Waals surface area (Å²) in [5.74, 6) is 0. The molecule has 13 heavy (non-hydrogen) atoms. The van der Waals surface area contributed by atoms with Crippen LogP contribution in [-0.4, -0.2) is 35.7 Å². The first kappa shape index (κ1) is 11.0. The summed E-state index contributed by atoms with van der Waals surface area (Å²) in [6.45, 7) is 5.62. The lowest BCUT2D eigenvalue weighted by Crippen LogP contribution is -2.26. The van der Waals surface area contributed by atoms with Gasteiger partial charge in [-0.25, -0.2) is 0 Å². The van der Waals surface area contributed by atoms with Crippen molar-refractivity contribution in [3.8, 4) is 0 Å². The number of aliphatic hydroxyl groups excluding tert-OH is 1. The fraction of sp³-hybridized carbons (Fsp3) is 1.00. The average molecular weight is 185 g/mol. The molecule has 1 rings (SSSR count). The van der Waals surface area contributed by atoms with Crippen molar-refractivity contribution in [2.24, 2.45) is 0 Å². The average Bonchev–Trinajstić information content (AvgIpc) is 2.32. The van der Waals surface area contributed by atoms with Gasteiger partial charge in [0.05, 0.1) is 6.10 Å². The maximum absolute atomic E-state index is 9.12. The molecule has 0 saturated carbocycles. The van der Waals surface area contributed by atoms with Gasteiger partial charge in [0.1, 0.15) is 0 Å². The van der Waals surface area contributed by atoms with E-state index in [9.17, 15) is 0 Å². The standard InChI is InChI=1S/C11H23NO/c1-11(13)7-6-10-12-8-4-2-3-5-9-12/h11,13H,2-10H2,1H3. The fourth-order valence-electron chi connectivity index (χ4n) is 1.97. The van der Waals surface area contributed by atoms with Gasteiger partial charge in [-0.05, 0) is 52.2 Å². The van der Waals surface area contributed by atoms with Crippen molar-refractivity contribution < 1.29 is 5.11 Å². The van der Waals surface area contributed by atoms with Crippen LogP contribution in [0, 0.1) is 0 Å². The number of nitrogens with zero attached hydrogens (tertiary/aromatic N) is 1. The van der Waals surface area contributed by atoms with Gasteiger partial charge in [-0.3, -0.25) is 0 Å². The van der Waals surface area contributed by atoms with Crippen LogP contribution in [0.1, 0.15) is 45.4 Å². The van der Waals surface area contributed by atoms with E-state index in [1.54, 1.807) is 0 Å². The van der Waals surface area contributed by atoms with E-state index < -0.39 is 0 Å². The Hall–Kier alpha value is -0.0800. The summed E-state index contributed by atoms with van der Waals surface area (Å²) in [7, 11) is 0. The Kier molecular flexibility index (Phi) is 5.40. The minimum absolute atomic E-state index is 0.119. The van der Waals surface area contributed by atoms with Crippen molar-refractivity contribution in [2.45, 2.75) is 51.6 Å². The second-order valence-electron chi connectivity index (χ2n) is 4.25. The van der Waals surface area contributed by atoms with Gasteiger partial charge in [0, 0.05) is 0 Å². The SMILES string of the molecule is CC(O)CCCN1CCCCCC1. The molecule has 1 aliphatic rings.